The van der Waals surface area contributed by atoms with Crippen molar-refractivity contribution in [2.24, 2.45) is 0 Å². The molecule has 10 heteroatoms. The number of hydrogen-bond acceptors (Lipinski definition) is 8. The van der Waals surface area contributed by atoms with Crippen LogP contribution in [-0.2, 0) is 14.2 Å². The van der Waals surface area contributed by atoms with Gasteiger partial charge in [-0.1, -0.05) is 13.3 Å². The molecule has 0 bridgehead atoms. The molecule has 0 saturated carbocycles. The molecular weight excluding hydrogens is 410 g/mol. The minimum Gasteiger partial charge on any atom is -0.495 e. The van der Waals surface area contributed by atoms with Crippen molar-refractivity contribution in [1.82, 2.24) is 29.3 Å². The zero-order valence-corrected chi connectivity index (χ0v) is 19.1. The number of ether oxygens (including phenoxy) is 3. The summed E-state index contributed by atoms with van der Waals surface area (Å²) >= 11 is 0. The third kappa shape index (κ3) is 3.87. The standard InChI is InChI=1S/C22H29N7O3/c1-6-7-15(2)29-21-17(11-26-29)20(23-13-24-21)27-19-12-28(14-25-19)16-8-9-18(30-3)22(10-16,31-4)32-5/h8-9,11-15H,6-7,10H2,1-5H3,(H,23,24,27). The van der Waals surface area contributed by atoms with Crippen LogP contribution in [0.2, 0.25) is 0 Å². The molecule has 10 nitrogen and oxygen atoms in total. The average molecular weight is 440 g/mol. The summed E-state index contributed by atoms with van der Waals surface area (Å²) < 4.78 is 20.6. The predicted molar refractivity (Wildman–Crippen MR) is 121 cm³/mol. The summed E-state index contributed by atoms with van der Waals surface area (Å²) in [6.45, 7) is 4.31. The Kier molecular flexibility index (Phi) is 6.24. The van der Waals surface area contributed by atoms with E-state index in [9.17, 15) is 0 Å². The van der Waals surface area contributed by atoms with Crippen LogP contribution in [0.15, 0.2) is 43.0 Å². The molecule has 0 fully saturated rings. The van der Waals surface area contributed by atoms with Gasteiger partial charge in [-0.2, -0.15) is 5.10 Å². The maximum atomic E-state index is 5.64. The molecule has 0 amide bonds. The van der Waals surface area contributed by atoms with Crippen LogP contribution in [0.4, 0.5) is 11.6 Å². The average Bonchev–Trinajstić information content (AvgIpc) is 3.46. The van der Waals surface area contributed by atoms with Crippen molar-refractivity contribution in [3.05, 3.63) is 43.0 Å². The van der Waals surface area contributed by atoms with Crippen LogP contribution in [0.1, 0.15) is 39.2 Å². The number of imidazole rings is 1. The number of allylic oxidation sites excluding steroid dienone is 2. The van der Waals surface area contributed by atoms with Gasteiger partial charge in [0, 0.05) is 19.9 Å². The molecule has 3 heterocycles. The van der Waals surface area contributed by atoms with E-state index >= 15 is 0 Å². The van der Waals surface area contributed by atoms with Gasteiger partial charge in [0.25, 0.3) is 0 Å². The van der Waals surface area contributed by atoms with Gasteiger partial charge in [-0.05, 0) is 25.5 Å². The Hall–Kier alpha value is -3.24. The molecule has 1 unspecified atom stereocenters. The zero-order valence-electron chi connectivity index (χ0n) is 19.1. The topological polar surface area (TPSA) is 101 Å². The third-order valence-electron chi connectivity index (χ3n) is 5.77. The summed E-state index contributed by atoms with van der Waals surface area (Å²) in [5.74, 6) is 0.960. The first-order valence-corrected chi connectivity index (χ1v) is 10.6. The number of methoxy groups -OCH3 is 3. The smallest absolute Gasteiger partial charge is 0.232 e. The highest BCUT2D eigenvalue weighted by Gasteiger charge is 2.39. The Bertz CT molecular complexity index is 1140. The molecule has 0 spiro atoms. The van der Waals surface area contributed by atoms with E-state index in [0.29, 0.717) is 23.8 Å². The van der Waals surface area contributed by atoms with E-state index in [4.69, 9.17) is 14.2 Å². The number of anilines is 2. The molecule has 0 aliphatic heterocycles. The van der Waals surface area contributed by atoms with E-state index in [1.54, 1.807) is 40.2 Å². The lowest BCUT2D eigenvalue weighted by Crippen LogP contribution is -2.39. The van der Waals surface area contributed by atoms with Gasteiger partial charge in [-0.25, -0.2) is 19.6 Å². The highest BCUT2D eigenvalue weighted by molar-refractivity contribution is 5.87. The summed E-state index contributed by atoms with van der Waals surface area (Å²) in [5, 5.41) is 8.69. The quantitative estimate of drug-likeness (QED) is 0.501. The second-order valence-corrected chi connectivity index (χ2v) is 7.71. The molecule has 1 aliphatic rings. The SMILES string of the molecule is CCCC(C)n1ncc2c(Nc3cn(C4=CC=C(OC)C(OC)(OC)C4)cn3)ncnc21. The largest absolute Gasteiger partial charge is 0.495 e. The number of nitrogens with one attached hydrogen (secondary N) is 1. The van der Waals surface area contributed by atoms with Crippen molar-refractivity contribution < 1.29 is 14.2 Å². The maximum Gasteiger partial charge on any atom is 0.232 e. The number of aromatic nitrogens is 6. The lowest BCUT2D eigenvalue weighted by Gasteiger charge is -2.34. The van der Waals surface area contributed by atoms with Crippen LogP contribution >= 0.6 is 0 Å². The molecule has 1 N–H and O–H groups in total. The molecule has 0 radical (unpaired) electrons. The van der Waals surface area contributed by atoms with Gasteiger partial charge in [0.1, 0.15) is 24.3 Å². The first-order valence-electron chi connectivity index (χ1n) is 10.6. The van der Waals surface area contributed by atoms with Crippen LogP contribution in [0.3, 0.4) is 0 Å². The first-order chi connectivity index (χ1) is 15.5. The van der Waals surface area contributed by atoms with E-state index in [0.717, 1.165) is 29.6 Å². The van der Waals surface area contributed by atoms with Gasteiger partial charge in [0.15, 0.2) is 11.4 Å². The molecule has 0 saturated heterocycles. The fourth-order valence-corrected chi connectivity index (χ4v) is 4.00. The molecule has 32 heavy (non-hydrogen) atoms. The van der Waals surface area contributed by atoms with Crippen molar-refractivity contribution in [1.29, 1.82) is 0 Å². The minimum atomic E-state index is -0.973. The van der Waals surface area contributed by atoms with Crippen molar-refractivity contribution in [2.75, 3.05) is 26.6 Å². The van der Waals surface area contributed by atoms with Crippen LogP contribution in [0.25, 0.3) is 16.7 Å². The molecule has 1 atom stereocenters. The summed E-state index contributed by atoms with van der Waals surface area (Å²) in [7, 11) is 4.80. The molecule has 0 aromatic carbocycles. The lowest BCUT2D eigenvalue weighted by atomic mass is 10.0. The lowest BCUT2D eigenvalue weighted by molar-refractivity contribution is -0.197. The van der Waals surface area contributed by atoms with Crippen LogP contribution < -0.4 is 5.32 Å². The fourth-order valence-electron chi connectivity index (χ4n) is 4.00. The van der Waals surface area contributed by atoms with Gasteiger partial charge in [0.2, 0.25) is 5.79 Å². The summed E-state index contributed by atoms with van der Waals surface area (Å²) in [6, 6.07) is 0.268. The molecular formula is C22H29N7O3. The van der Waals surface area contributed by atoms with Crippen molar-refractivity contribution in [3.63, 3.8) is 0 Å². The maximum absolute atomic E-state index is 5.64. The highest BCUT2D eigenvalue weighted by Crippen LogP contribution is 2.36. The van der Waals surface area contributed by atoms with Crippen LogP contribution in [0.5, 0.6) is 0 Å². The number of rotatable bonds is 9. The van der Waals surface area contributed by atoms with Gasteiger partial charge in [-0.15, -0.1) is 0 Å². The van der Waals surface area contributed by atoms with E-state index in [1.807, 2.05) is 27.6 Å². The van der Waals surface area contributed by atoms with Crippen molar-refractivity contribution in [3.8, 4) is 0 Å². The molecule has 4 rings (SSSR count). The highest BCUT2D eigenvalue weighted by atomic mass is 16.7. The summed E-state index contributed by atoms with van der Waals surface area (Å²) in [5.41, 5.74) is 1.75. The van der Waals surface area contributed by atoms with Crippen molar-refractivity contribution >= 4 is 28.4 Å². The Labute approximate surface area is 186 Å². The van der Waals surface area contributed by atoms with Crippen LogP contribution in [0, 0.1) is 0 Å². The fraction of sp³-hybridized carbons (Fsp3) is 0.455. The zero-order chi connectivity index (χ0) is 22.7. The van der Waals surface area contributed by atoms with E-state index in [-0.39, 0.29) is 6.04 Å². The first kappa shape index (κ1) is 22.0. The molecule has 3 aromatic heterocycles. The molecule has 1 aliphatic carbocycles. The number of hydrogen-bond donors (Lipinski definition) is 1. The Morgan fingerprint density at radius 3 is 2.69 bits per heavy atom. The van der Waals surface area contributed by atoms with E-state index < -0.39 is 5.79 Å². The second kappa shape index (κ2) is 9.09. The summed E-state index contributed by atoms with van der Waals surface area (Å²) in [4.78, 5) is 13.3. The number of nitrogens with zero attached hydrogens (tertiary/aromatic N) is 6. The third-order valence-corrected chi connectivity index (χ3v) is 5.77. The number of fused-ring (bicyclic) bond motifs is 1. The monoisotopic (exact) mass is 439 g/mol. The normalized spacial score (nSPS) is 16.5. The van der Waals surface area contributed by atoms with E-state index in [1.165, 1.54) is 0 Å². The Balaban J connectivity index is 1.59. The Morgan fingerprint density at radius 2 is 1.97 bits per heavy atom. The van der Waals surface area contributed by atoms with Gasteiger partial charge >= 0.3 is 0 Å². The Morgan fingerprint density at radius 1 is 1.16 bits per heavy atom. The van der Waals surface area contributed by atoms with Gasteiger partial charge in [-0.3, -0.25) is 0 Å². The second-order valence-electron chi connectivity index (χ2n) is 7.71. The van der Waals surface area contributed by atoms with Crippen molar-refractivity contribution in [2.45, 2.75) is 44.9 Å². The summed E-state index contributed by atoms with van der Waals surface area (Å²) in [6.07, 6.45) is 13.4. The molecule has 170 valence electrons. The predicted octanol–water partition coefficient (Wildman–Crippen LogP) is 3.89. The van der Waals surface area contributed by atoms with Gasteiger partial charge in [0.05, 0.1) is 37.4 Å². The minimum absolute atomic E-state index is 0.268. The van der Waals surface area contributed by atoms with E-state index in [2.05, 4.69) is 39.2 Å². The molecule has 3 aromatic rings. The van der Waals surface area contributed by atoms with Crippen LogP contribution in [-0.4, -0.2) is 56.4 Å². The van der Waals surface area contributed by atoms with Gasteiger partial charge < -0.3 is 24.1 Å².